The molecule has 0 bridgehead atoms. The molecular weight excluding hydrogens is 300 g/mol. The third-order valence-electron chi connectivity index (χ3n) is 4.19. The second kappa shape index (κ2) is 8.55. The molecule has 0 aliphatic rings. The van der Waals surface area contributed by atoms with Crippen LogP contribution in [0.4, 0.5) is 0 Å². The smallest absolute Gasteiger partial charge is 0.193 e. The standard InChI is InChI=1S/C19H28N4O/c1-15-9-6-7-10-16(15)14-23(5)19(20-2)21-13-17(22(3)4)18-11-8-12-24-18/h6-12,17H,13-14H2,1-5H3,(H,20,21). The van der Waals surface area contributed by atoms with Crippen LogP contribution in [0.15, 0.2) is 52.1 Å². The van der Waals surface area contributed by atoms with Gasteiger partial charge in [-0.1, -0.05) is 24.3 Å². The number of likely N-dealkylation sites (N-methyl/N-ethyl adjacent to an activating group) is 1. The van der Waals surface area contributed by atoms with Crippen LogP contribution >= 0.6 is 0 Å². The van der Waals surface area contributed by atoms with Crippen molar-refractivity contribution in [2.24, 2.45) is 4.99 Å². The Morgan fingerprint density at radius 2 is 1.92 bits per heavy atom. The highest BCUT2D eigenvalue weighted by molar-refractivity contribution is 5.79. The van der Waals surface area contributed by atoms with Crippen LogP contribution in [0.3, 0.4) is 0 Å². The molecule has 0 aliphatic heterocycles. The van der Waals surface area contributed by atoms with Gasteiger partial charge >= 0.3 is 0 Å². The van der Waals surface area contributed by atoms with E-state index in [9.17, 15) is 0 Å². The Kier molecular flexibility index (Phi) is 6.44. The van der Waals surface area contributed by atoms with E-state index < -0.39 is 0 Å². The Hall–Kier alpha value is -2.27. The van der Waals surface area contributed by atoms with Gasteiger partial charge in [-0.25, -0.2) is 0 Å². The molecule has 1 N–H and O–H groups in total. The van der Waals surface area contributed by atoms with Crippen LogP contribution < -0.4 is 5.32 Å². The number of nitrogens with one attached hydrogen (secondary N) is 1. The summed E-state index contributed by atoms with van der Waals surface area (Å²) in [7, 11) is 7.97. The van der Waals surface area contributed by atoms with Crippen molar-refractivity contribution >= 4 is 5.96 Å². The van der Waals surface area contributed by atoms with E-state index in [-0.39, 0.29) is 6.04 Å². The molecule has 2 rings (SSSR count). The lowest BCUT2D eigenvalue weighted by Gasteiger charge is -2.27. The number of benzene rings is 1. The lowest BCUT2D eigenvalue weighted by molar-refractivity contribution is 0.256. The monoisotopic (exact) mass is 328 g/mol. The summed E-state index contributed by atoms with van der Waals surface area (Å²) >= 11 is 0. The average molecular weight is 328 g/mol. The van der Waals surface area contributed by atoms with Gasteiger partial charge in [0.05, 0.1) is 12.3 Å². The molecule has 0 saturated heterocycles. The van der Waals surface area contributed by atoms with Crippen LogP contribution in [-0.4, -0.2) is 50.5 Å². The maximum Gasteiger partial charge on any atom is 0.193 e. The zero-order valence-corrected chi connectivity index (χ0v) is 15.3. The summed E-state index contributed by atoms with van der Waals surface area (Å²) in [4.78, 5) is 8.68. The van der Waals surface area contributed by atoms with Gasteiger partial charge in [-0.05, 0) is 44.3 Å². The Bertz CT molecular complexity index is 649. The van der Waals surface area contributed by atoms with Crippen LogP contribution in [0.2, 0.25) is 0 Å². The fourth-order valence-corrected chi connectivity index (χ4v) is 2.71. The van der Waals surface area contributed by atoms with Crippen molar-refractivity contribution in [3.05, 3.63) is 59.5 Å². The van der Waals surface area contributed by atoms with E-state index in [1.54, 1.807) is 6.26 Å². The Morgan fingerprint density at radius 3 is 2.50 bits per heavy atom. The lowest BCUT2D eigenvalue weighted by atomic mass is 10.1. The summed E-state index contributed by atoms with van der Waals surface area (Å²) in [6, 6.07) is 12.5. The molecule has 2 aromatic rings. The van der Waals surface area contributed by atoms with Crippen LogP contribution in [0, 0.1) is 6.92 Å². The molecule has 24 heavy (non-hydrogen) atoms. The van der Waals surface area contributed by atoms with Crippen molar-refractivity contribution in [1.82, 2.24) is 15.1 Å². The van der Waals surface area contributed by atoms with Crippen LogP contribution in [0.25, 0.3) is 0 Å². The number of guanidine groups is 1. The van der Waals surface area contributed by atoms with Crippen molar-refractivity contribution in [2.45, 2.75) is 19.5 Å². The summed E-state index contributed by atoms with van der Waals surface area (Å²) in [6.45, 7) is 3.68. The van der Waals surface area contributed by atoms with Gasteiger partial charge in [-0.2, -0.15) is 0 Å². The van der Waals surface area contributed by atoms with Crippen molar-refractivity contribution < 1.29 is 4.42 Å². The number of rotatable bonds is 6. The quantitative estimate of drug-likeness (QED) is 0.654. The van der Waals surface area contributed by atoms with Crippen molar-refractivity contribution in [3.63, 3.8) is 0 Å². The Balaban J connectivity index is 2.00. The van der Waals surface area contributed by atoms with Gasteiger partial charge in [0.1, 0.15) is 5.76 Å². The Morgan fingerprint density at radius 1 is 1.17 bits per heavy atom. The van der Waals surface area contributed by atoms with Gasteiger partial charge < -0.3 is 14.6 Å². The Labute approximate surface area is 145 Å². The summed E-state index contributed by atoms with van der Waals surface area (Å²) < 4.78 is 5.56. The molecule has 0 spiro atoms. The van der Waals surface area contributed by atoms with E-state index in [0.29, 0.717) is 0 Å². The van der Waals surface area contributed by atoms with Crippen LogP contribution in [0.5, 0.6) is 0 Å². The first kappa shape index (κ1) is 18.1. The van der Waals surface area contributed by atoms with Crippen molar-refractivity contribution in [2.75, 3.05) is 34.7 Å². The molecule has 0 fully saturated rings. The van der Waals surface area contributed by atoms with E-state index in [4.69, 9.17) is 4.42 Å². The van der Waals surface area contributed by atoms with Gasteiger partial charge in [0.25, 0.3) is 0 Å². The molecule has 130 valence electrons. The molecule has 0 aliphatic carbocycles. The van der Waals surface area contributed by atoms with Crippen molar-refractivity contribution in [3.8, 4) is 0 Å². The van der Waals surface area contributed by atoms with Gasteiger partial charge in [-0.3, -0.25) is 9.89 Å². The molecule has 1 aromatic heterocycles. The van der Waals surface area contributed by atoms with Gasteiger partial charge in [0.15, 0.2) is 5.96 Å². The summed E-state index contributed by atoms with van der Waals surface area (Å²) in [5.41, 5.74) is 2.60. The maximum absolute atomic E-state index is 5.56. The zero-order chi connectivity index (χ0) is 17.5. The normalized spacial score (nSPS) is 13.2. The number of hydrogen-bond donors (Lipinski definition) is 1. The first-order chi connectivity index (χ1) is 11.5. The highest BCUT2D eigenvalue weighted by atomic mass is 16.3. The first-order valence-corrected chi connectivity index (χ1v) is 8.19. The molecule has 0 radical (unpaired) electrons. The predicted molar refractivity (Wildman–Crippen MR) is 99.1 cm³/mol. The molecule has 1 aromatic carbocycles. The second-order valence-corrected chi connectivity index (χ2v) is 6.21. The molecule has 0 saturated carbocycles. The van der Waals surface area contributed by atoms with E-state index in [1.807, 2.05) is 19.2 Å². The van der Waals surface area contributed by atoms with E-state index >= 15 is 0 Å². The van der Waals surface area contributed by atoms with E-state index in [2.05, 4.69) is 72.4 Å². The fraction of sp³-hybridized carbons (Fsp3) is 0.421. The number of aryl methyl sites for hydroxylation is 1. The minimum atomic E-state index is 0.156. The van der Waals surface area contributed by atoms with Crippen LogP contribution in [0.1, 0.15) is 22.9 Å². The average Bonchev–Trinajstić information content (AvgIpc) is 3.07. The highest BCUT2D eigenvalue weighted by Gasteiger charge is 2.18. The lowest BCUT2D eigenvalue weighted by Crippen LogP contribution is -2.42. The molecule has 5 heteroatoms. The summed E-state index contributed by atoms with van der Waals surface area (Å²) in [5.74, 6) is 1.82. The number of nitrogens with zero attached hydrogens (tertiary/aromatic N) is 3. The van der Waals surface area contributed by atoms with Crippen molar-refractivity contribution in [1.29, 1.82) is 0 Å². The number of hydrogen-bond acceptors (Lipinski definition) is 3. The van der Waals surface area contributed by atoms with Gasteiger partial charge in [0, 0.05) is 27.2 Å². The topological polar surface area (TPSA) is 44.0 Å². The number of aliphatic imine (C=N–C) groups is 1. The predicted octanol–water partition coefficient (Wildman–Crippen LogP) is 2.90. The largest absolute Gasteiger partial charge is 0.468 e. The minimum absolute atomic E-state index is 0.156. The zero-order valence-electron chi connectivity index (χ0n) is 15.3. The minimum Gasteiger partial charge on any atom is -0.468 e. The molecule has 1 unspecified atom stereocenters. The third-order valence-corrected chi connectivity index (χ3v) is 4.19. The molecule has 1 atom stereocenters. The maximum atomic E-state index is 5.56. The van der Waals surface area contributed by atoms with E-state index in [1.165, 1.54) is 11.1 Å². The summed E-state index contributed by atoms with van der Waals surface area (Å²) in [5, 5.41) is 3.45. The first-order valence-electron chi connectivity index (χ1n) is 8.19. The van der Waals surface area contributed by atoms with Crippen LogP contribution in [-0.2, 0) is 6.54 Å². The second-order valence-electron chi connectivity index (χ2n) is 6.21. The molecule has 0 amide bonds. The van der Waals surface area contributed by atoms with E-state index in [0.717, 1.165) is 24.8 Å². The van der Waals surface area contributed by atoms with Gasteiger partial charge in [0.2, 0.25) is 0 Å². The SMILES string of the molecule is CN=C(NCC(c1ccco1)N(C)C)N(C)Cc1ccccc1C. The molecule has 5 nitrogen and oxygen atoms in total. The van der Waals surface area contributed by atoms with Gasteiger partial charge in [-0.15, -0.1) is 0 Å². The third kappa shape index (κ3) is 4.61. The fourth-order valence-electron chi connectivity index (χ4n) is 2.71. The summed E-state index contributed by atoms with van der Waals surface area (Å²) in [6.07, 6.45) is 1.71. The molecular formula is C19H28N4O. The molecule has 1 heterocycles. The number of furan rings is 1. The highest BCUT2D eigenvalue weighted by Crippen LogP contribution is 2.17.